The van der Waals surface area contributed by atoms with Crippen molar-refractivity contribution >= 4 is 17.7 Å². The number of aromatic nitrogens is 2. The van der Waals surface area contributed by atoms with Crippen molar-refractivity contribution in [3.05, 3.63) is 70.5 Å². The van der Waals surface area contributed by atoms with Crippen LogP contribution in [-0.4, -0.2) is 63.0 Å². The summed E-state index contributed by atoms with van der Waals surface area (Å²) in [5, 5.41) is 16.7. The highest BCUT2D eigenvalue weighted by atomic mass is 16.5. The van der Waals surface area contributed by atoms with Crippen molar-refractivity contribution < 1.29 is 19.1 Å². The first-order valence-electron chi connectivity index (χ1n) is 14.0. The van der Waals surface area contributed by atoms with Crippen molar-refractivity contribution in [1.29, 1.82) is 5.26 Å². The highest BCUT2D eigenvalue weighted by Gasteiger charge is 2.48. The molecule has 3 amide bonds. The third-order valence-corrected chi connectivity index (χ3v) is 9.14. The number of hydrogen-bond donors (Lipinski definition) is 1. The number of piperidine rings is 2. The maximum atomic E-state index is 13.4. The number of carbonyl (C=O) groups is 3. The summed E-state index contributed by atoms with van der Waals surface area (Å²) in [5.41, 5.74) is 5.65. The van der Waals surface area contributed by atoms with Crippen LogP contribution in [0.4, 0.5) is 0 Å². The second kappa shape index (κ2) is 9.56. The van der Waals surface area contributed by atoms with Crippen LogP contribution in [0.25, 0.3) is 11.1 Å². The van der Waals surface area contributed by atoms with Crippen LogP contribution in [0.3, 0.4) is 0 Å². The average Bonchev–Trinajstić information content (AvgIpc) is 3.66. The second-order valence-electron chi connectivity index (χ2n) is 11.6. The molecule has 4 aliphatic heterocycles. The first-order valence-corrected chi connectivity index (χ1v) is 14.0. The molecule has 0 aliphatic carbocycles. The molecule has 10 nitrogen and oxygen atoms in total. The smallest absolute Gasteiger partial charge is 0.256 e. The first kappa shape index (κ1) is 25.5. The fraction of sp³-hybridized carbons (Fsp3) is 0.387. The Labute approximate surface area is 237 Å². The molecule has 2 fully saturated rings. The third kappa shape index (κ3) is 4.19. The molecule has 7 rings (SSSR count). The van der Waals surface area contributed by atoms with Gasteiger partial charge in [-0.2, -0.15) is 10.4 Å². The highest BCUT2D eigenvalue weighted by molar-refractivity contribution is 6.07. The van der Waals surface area contributed by atoms with E-state index in [0.717, 1.165) is 49.2 Å². The van der Waals surface area contributed by atoms with Gasteiger partial charge in [-0.15, -0.1) is 0 Å². The molecule has 41 heavy (non-hydrogen) atoms. The highest BCUT2D eigenvalue weighted by Crippen LogP contribution is 2.50. The molecule has 3 aromatic rings. The minimum absolute atomic E-state index is 0.184. The summed E-state index contributed by atoms with van der Waals surface area (Å²) in [5.74, 6) is -0.443. The molecule has 0 saturated carbocycles. The second-order valence-corrected chi connectivity index (χ2v) is 11.6. The van der Waals surface area contributed by atoms with Crippen molar-refractivity contribution in [2.45, 2.75) is 50.2 Å². The topological polar surface area (TPSA) is 121 Å². The maximum absolute atomic E-state index is 13.4. The van der Waals surface area contributed by atoms with Crippen molar-refractivity contribution in [2.24, 2.45) is 7.05 Å². The quantitative estimate of drug-likeness (QED) is 0.496. The van der Waals surface area contributed by atoms with E-state index in [1.165, 1.54) is 10.5 Å². The van der Waals surface area contributed by atoms with Gasteiger partial charge < -0.3 is 9.64 Å². The Balaban J connectivity index is 1.10. The van der Waals surface area contributed by atoms with E-state index >= 15 is 0 Å². The number of nitriles is 1. The number of nitrogens with zero attached hydrogens (tertiary/aromatic N) is 5. The van der Waals surface area contributed by atoms with E-state index < -0.39 is 11.9 Å². The molecule has 1 spiro atoms. The molecule has 0 radical (unpaired) electrons. The number of hydrogen-bond acceptors (Lipinski definition) is 7. The van der Waals surface area contributed by atoms with Crippen LogP contribution in [0.5, 0.6) is 5.75 Å². The van der Waals surface area contributed by atoms with Crippen LogP contribution in [-0.2, 0) is 35.1 Å². The summed E-state index contributed by atoms with van der Waals surface area (Å²) in [7, 11) is 1.92. The minimum Gasteiger partial charge on any atom is -0.492 e. The third-order valence-electron chi connectivity index (χ3n) is 9.14. The molecule has 1 N–H and O–H groups in total. The molecular weight excluding hydrogens is 520 g/mol. The van der Waals surface area contributed by atoms with Crippen LogP contribution in [0.15, 0.2) is 42.7 Å². The standard InChI is InChI=1S/C31H30N6O4/c1-35-16-22(14-33-35)20-4-2-3-19(11-20)15-36-9-7-31(8-10-36)18-41-28-23-17-37(25-5-6-26(38)34-29(25)39)30(40)27(23)21(13-32)12-24(28)31/h2-4,11-12,14,16,25H,5-10,15,17-18H2,1H3,(H,34,38,39)/t25-/m0/s1. The number of carbonyl (C=O) groups excluding carboxylic acids is 3. The lowest BCUT2D eigenvalue weighted by molar-refractivity contribution is -0.136. The summed E-state index contributed by atoms with van der Waals surface area (Å²) in [6.45, 7) is 3.34. The van der Waals surface area contributed by atoms with Crippen LogP contribution in [0.2, 0.25) is 0 Å². The SMILES string of the molecule is Cn1cc(-c2cccc(CN3CCC4(CC3)COc3c4cc(C#N)c4c3CN([C@H]3CCC(=O)NC3=O)C4=O)c2)cn1. The Kier molecular flexibility index (Phi) is 5.94. The number of rotatable bonds is 4. The van der Waals surface area contributed by atoms with Gasteiger partial charge in [-0.25, -0.2) is 0 Å². The predicted molar refractivity (Wildman–Crippen MR) is 148 cm³/mol. The van der Waals surface area contributed by atoms with Gasteiger partial charge in [-0.05, 0) is 55.6 Å². The van der Waals surface area contributed by atoms with Crippen molar-refractivity contribution in [2.75, 3.05) is 19.7 Å². The van der Waals surface area contributed by atoms with Crippen LogP contribution in [0, 0.1) is 11.3 Å². The zero-order valence-corrected chi connectivity index (χ0v) is 22.9. The molecule has 1 atom stereocenters. The van der Waals surface area contributed by atoms with Crippen molar-refractivity contribution in [3.63, 3.8) is 0 Å². The fourth-order valence-electron chi connectivity index (χ4n) is 6.90. The summed E-state index contributed by atoms with van der Waals surface area (Å²) < 4.78 is 8.12. The largest absolute Gasteiger partial charge is 0.492 e. The lowest BCUT2D eigenvalue weighted by Crippen LogP contribution is -2.52. The van der Waals surface area contributed by atoms with Gasteiger partial charge in [-0.1, -0.05) is 18.2 Å². The number of likely N-dealkylation sites (tertiary alicyclic amines) is 1. The van der Waals surface area contributed by atoms with Crippen LogP contribution < -0.4 is 10.1 Å². The predicted octanol–water partition coefficient (Wildman–Crippen LogP) is 2.65. The van der Waals surface area contributed by atoms with Gasteiger partial charge in [0.15, 0.2) is 0 Å². The number of fused-ring (bicyclic) bond motifs is 4. The average molecular weight is 551 g/mol. The zero-order valence-electron chi connectivity index (χ0n) is 22.9. The molecule has 208 valence electrons. The molecule has 10 heteroatoms. The Morgan fingerprint density at radius 1 is 1.17 bits per heavy atom. The lowest BCUT2D eigenvalue weighted by Gasteiger charge is -2.38. The van der Waals surface area contributed by atoms with Crippen LogP contribution >= 0.6 is 0 Å². The van der Waals surface area contributed by atoms with Gasteiger partial charge >= 0.3 is 0 Å². The summed E-state index contributed by atoms with van der Waals surface area (Å²) in [6.07, 6.45) is 6.13. The Morgan fingerprint density at radius 2 is 2.00 bits per heavy atom. The zero-order chi connectivity index (χ0) is 28.3. The van der Waals surface area contributed by atoms with E-state index in [1.54, 1.807) is 0 Å². The molecule has 1 aromatic heterocycles. The number of benzene rings is 2. The summed E-state index contributed by atoms with van der Waals surface area (Å²) in [6, 6.07) is 11.9. The molecule has 5 heterocycles. The van der Waals surface area contributed by atoms with Crippen molar-refractivity contribution in [1.82, 2.24) is 24.9 Å². The molecule has 0 unspecified atom stereocenters. The number of amides is 3. The molecular formula is C31H30N6O4. The van der Waals surface area contributed by atoms with Crippen LogP contribution in [0.1, 0.15) is 58.3 Å². The fourth-order valence-corrected chi connectivity index (χ4v) is 6.90. The minimum atomic E-state index is -0.731. The number of imide groups is 1. The van der Waals surface area contributed by atoms with Gasteiger partial charge in [0.1, 0.15) is 11.8 Å². The number of aryl methyl sites for hydroxylation is 1. The molecule has 2 saturated heterocycles. The van der Waals surface area contributed by atoms with Crippen molar-refractivity contribution in [3.8, 4) is 22.9 Å². The normalized spacial score (nSPS) is 21.4. The maximum Gasteiger partial charge on any atom is 0.256 e. The van der Waals surface area contributed by atoms with Gasteiger partial charge in [0.05, 0.1) is 36.5 Å². The van der Waals surface area contributed by atoms with E-state index in [2.05, 4.69) is 45.7 Å². The van der Waals surface area contributed by atoms with Gasteiger partial charge in [0.25, 0.3) is 5.91 Å². The molecule has 0 bridgehead atoms. The Hall–Kier alpha value is -4.49. The van der Waals surface area contributed by atoms with Gasteiger partial charge in [-0.3, -0.25) is 29.3 Å². The number of nitrogens with one attached hydrogen (secondary N) is 1. The lowest BCUT2D eigenvalue weighted by atomic mass is 9.73. The van der Waals surface area contributed by atoms with Gasteiger partial charge in [0, 0.05) is 48.3 Å². The summed E-state index contributed by atoms with van der Waals surface area (Å²) >= 11 is 0. The first-order chi connectivity index (χ1) is 19.8. The van der Waals surface area contributed by atoms with E-state index in [1.807, 2.05) is 30.2 Å². The van der Waals surface area contributed by atoms with Gasteiger partial charge in [0.2, 0.25) is 11.8 Å². The monoisotopic (exact) mass is 550 g/mol. The summed E-state index contributed by atoms with van der Waals surface area (Å²) in [4.78, 5) is 41.6. The Bertz CT molecular complexity index is 1640. The Morgan fingerprint density at radius 3 is 2.73 bits per heavy atom. The molecule has 4 aliphatic rings. The number of ether oxygens (including phenoxy) is 1. The molecule has 2 aromatic carbocycles. The van der Waals surface area contributed by atoms with E-state index in [-0.39, 0.29) is 36.6 Å². The van der Waals surface area contributed by atoms with E-state index in [4.69, 9.17) is 4.74 Å². The van der Waals surface area contributed by atoms with E-state index in [0.29, 0.717) is 29.0 Å². The van der Waals surface area contributed by atoms with E-state index in [9.17, 15) is 19.6 Å².